The van der Waals surface area contributed by atoms with Crippen molar-refractivity contribution in [2.24, 2.45) is 0 Å². The first-order valence-corrected chi connectivity index (χ1v) is 8.07. The Hall–Kier alpha value is -2.77. The van der Waals surface area contributed by atoms with E-state index in [-0.39, 0.29) is 0 Å². The number of thiophene rings is 1. The Bertz CT molecular complexity index is 863. The summed E-state index contributed by atoms with van der Waals surface area (Å²) in [6, 6.07) is 20.2. The monoisotopic (exact) mass is 320 g/mol. The van der Waals surface area contributed by atoms with Crippen LogP contribution in [0.25, 0.3) is 11.1 Å². The molecule has 0 saturated carbocycles. The van der Waals surface area contributed by atoms with Gasteiger partial charge in [-0.05, 0) is 35.7 Å². The lowest BCUT2D eigenvalue weighted by atomic mass is 10.00. The summed E-state index contributed by atoms with van der Waals surface area (Å²) < 4.78 is 5.94. The van der Waals surface area contributed by atoms with Gasteiger partial charge in [0.15, 0.2) is 0 Å². The van der Waals surface area contributed by atoms with E-state index in [0.717, 1.165) is 21.8 Å². The Morgan fingerprint density at radius 1 is 1.13 bits per heavy atom. The van der Waals surface area contributed by atoms with Gasteiger partial charge >= 0.3 is 0 Å². The van der Waals surface area contributed by atoms with Crippen LogP contribution in [-0.4, -0.2) is 0 Å². The SMILES string of the molecule is Cc1c(OCc2cc(C#N)c(N)s2)cccc1-c1ccccc1. The molecule has 0 atom stereocenters. The van der Waals surface area contributed by atoms with Crippen LogP contribution in [0.1, 0.15) is 16.0 Å². The number of anilines is 1. The molecule has 0 saturated heterocycles. The van der Waals surface area contributed by atoms with Crippen molar-refractivity contribution in [2.75, 3.05) is 5.73 Å². The molecule has 1 aromatic heterocycles. The molecule has 0 bridgehead atoms. The van der Waals surface area contributed by atoms with Crippen molar-refractivity contribution < 1.29 is 4.74 Å². The minimum atomic E-state index is 0.412. The molecule has 0 unspecified atom stereocenters. The third-order valence-electron chi connectivity index (χ3n) is 3.67. The van der Waals surface area contributed by atoms with Gasteiger partial charge in [0.05, 0.1) is 5.56 Å². The second-order valence-corrected chi connectivity index (χ2v) is 6.35. The summed E-state index contributed by atoms with van der Waals surface area (Å²) in [4.78, 5) is 0.948. The van der Waals surface area contributed by atoms with Gasteiger partial charge in [-0.25, -0.2) is 0 Å². The van der Waals surface area contributed by atoms with Crippen LogP contribution in [0.4, 0.5) is 5.00 Å². The van der Waals surface area contributed by atoms with Gasteiger partial charge in [0.1, 0.15) is 23.4 Å². The summed E-state index contributed by atoms with van der Waals surface area (Å²) in [6.45, 7) is 2.47. The van der Waals surface area contributed by atoms with Gasteiger partial charge in [-0.2, -0.15) is 5.26 Å². The van der Waals surface area contributed by atoms with Crippen LogP contribution in [0.3, 0.4) is 0 Å². The Kier molecular flexibility index (Phi) is 4.31. The fourth-order valence-electron chi connectivity index (χ4n) is 2.47. The van der Waals surface area contributed by atoms with Crippen molar-refractivity contribution >= 4 is 16.3 Å². The first kappa shape index (κ1) is 15.1. The second kappa shape index (κ2) is 6.55. The average Bonchev–Trinajstić information content (AvgIpc) is 2.95. The molecule has 0 aliphatic carbocycles. The zero-order valence-electron chi connectivity index (χ0n) is 12.7. The summed E-state index contributed by atoms with van der Waals surface area (Å²) in [5.74, 6) is 0.844. The first-order chi connectivity index (χ1) is 11.2. The smallest absolute Gasteiger partial charge is 0.123 e. The molecule has 0 radical (unpaired) electrons. The van der Waals surface area contributed by atoms with E-state index in [9.17, 15) is 0 Å². The number of hydrogen-bond donors (Lipinski definition) is 1. The topological polar surface area (TPSA) is 59.0 Å². The molecule has 1 heterocycles. The number of nitriles is 1. The van der Waals surface area contributed by atoms with Crippen LogP contribution in [0.15, 0.2) is 54.6 Å². The van der Waals surface area contributed by atoms with E-state index in [0.29, 0.717) is 17.2 Å². The van der Waals surface area contributed by atoms with E-state index in [2.05, 4.69) is 31.2 Å². The van der Waals surface area contributed by atoms with Gasteiger partial charge in [-0.3, -0.25) is 0 Å². The maximum Gasteiger partial charge on any atom is 0.123 e. The van der Waals surface area contributed by atoms with Crippen molar-refractivity contribution in [3.05, 3.63) is 70.6 Å². The molecule has 0 aliphatic rings. The second-order valence-electron chi connectivity index (χ2n) is 5.19. The van der Waals surface area contributed by atoms with E-state index in [1.165, 1.54) is 16.9 Å². The maximum atomic E-state index is 8.96. The largest absolute Gasteiger partial charge is 0.488 e. The quantitative estimate of drug-likeness (QED) is 0.754. The minimum Gasteiger partial charge on any atom is -0.488 e. The molecular weight excluding hydrogens is 304 g/mol. The van der Waals surface area contributed by atoms with Gasteiger partial charge in [-0.1, -0.05) is 42.5 Å². The maximum absolute atomic E-state index is 8.96. The van der Waals surface area contributed by atoms with Gasteiger partial charge < -0.3 is 10.5 Å². The number of rotatable bonds is 4. The molecule has 0 amide bonds. The fourth-order valence-corrected chi connectivity index (χ4v) is 3.26. The minimum absolute atomic E-state index is 0.412. The highest BCUT2D eigenvalue weighted by Crippen LogP contribution is 2.31. The Balaban J connectivity index is 1.82. The van der Waals surface area contributed by atoms with Crippen molar-refractivity contribution in [1.29, 1.82) is 5.26 Å². The molecule has 0 spiro atoms. The average molecular weight is 320 g/mol. The highest BCUT2D eigenvalue weighted by molar-refractivity contribution is 7.16. The molecular formula is C19H16N2OS. The third kappa shape index (κ3) is 3.20. The van der Waals surface area contributed by atoms with E-state index >= 15 is 0 Å². The molecule has 23 heavy (non-hydrogen) atoms. The fraction of sp³-hybridized carbons (Fsp3) is 0.105. The predicted molar refractivity (Wildman–Crippen MR) is 94.4 cm³/mol. The van der Waals surface area contributed by atoms with Crippen molar-refractivity contribution in [2.45, 2.75) is 13.5 Å². The molecule has 3 rings (SSSR count). The normalized spacial score (nSPS) is 10.3. The van der Waals surface area contributed by atoms with Crippen molar-refractivity contribution in [3.8, 4) is 22.9 Å². The number of ether oxygens (including phenoxy) is 1. The predicted octanol–water partition coefficient (Wildman–Crippen LogP) is 4.76. The Morgan fingerprint density at radius 2 is 1.91 bits per heavy atom. The Labute approximate surface area is 139 Å². The summed E-state index contributed by atoms with van der Waals surface area (Å²) >= 11 is 1.39. The number of nitrogens with two attached hydrogens (primary N) is 1. The van der Waals surface area contributed by atoms with Crippen LogP contribution in [0.2, 0.25) is 0 Å². The molecule has 3 nitrogen and oxygen atoms in total. The van der Waals surface area contributed by atoms with Gasteiger partial charge in [0, 0.05) is 4.88 Å². The van der Waals surface area contributed by atoms with E-state index in [4.69, 9.17) is 15.7 Å². The Morgan fingerprint density at radius 3 is 2.61 bits per heavy atom. The summed E-state index contributed by atoms with van der Waals surface area (Å²) in [5, 5.41) is 9.50. The summed E-state index contributed by atoms with van der Waals surface area (Å²) in [5.41, 5.74) is 9.74. The van der Waals surface area contributed by atoms with E-state index in [1.54, 1.807) is 6.07 Å². The van der Waals surface area contributed by atoms with Crippen LogP contribution >= 0.6 is 11.3 Å². The molecule has 2 N–H and O–H groups in total. The highest BCUT2D eigenvalue weighted by atomic mass is 32.1. The highest BCUT2D eigenvalue weighted by Gasteiger charge is 2.09. The molecule has 114 valence electrons. The van der Waals surface area contributed by atoms with E-state index in [1.807, 2.05) is 30.3 Å². The summed E-state index contributed by atoms with van der Waals surface area (Å²) in [6.07, 6.45) is 0. The number of benzene rings is 2. The van der Waals surface area contributed by atoms with Crippen LogP contribution in [-0.2, 0) is 6.61 Å². The molecule has 0 aliphatic heterocycles. The lowest BCUT2D eigenvalue weighted by Gasteiger charge is -2.12. The number of nitrogens with zero attached hydrogens (tertiary/aromatic N) is 1. The zero-order chi connectivity index (χ0) is 16.2. The number of nitrogen functional groups attached to an aromatic ring is 1. The van der Waals surface area contributed by atoms with Gasteiger partial charge in [0.2, 0.25) is 0 Å². The van der Waals surface area contributed by atoms with Crippen LogP contribution in [0, 0.1) is 18.3 Å². The van der Waals surface area contributed by atoms with Crippen LogP contribution < -0.4 is 10.5 Å². The number of hydrogen-bond acceptors (Lipinski definition) is 4. The van der Waals surface area contributed by atoms with Crippen LogP contribution in [0.5, 0.6) is 5.75 Å². The third-order valence-corrected chi connectivity index (χ3v) is 4.61. The molecule has 0 fully saturated rings. The van der Waals surface area contributed by atoms with Gasteiger partial charge in [0.25, 0.3) is 0 Å². The van der Waals surface area contributed by atoms with Crippen molar-refractivity contribution in [1.82, 2.24) is 0 Å². The van der Waals surface area contributed by atoms with E-state index < -0.39 is 0 Å². The molecule has 4 heteroatoms. The van der Waals surface area contributed by atoms with Crippen molar-refractivity contribution in [3.63, 3.8) is 0 Å². The van der Waals surface area contributed by atoms with Gasteiger partial charge in [-0.15, -0.1) is 11.3 Å². The molecule has 2 aromatic carbocycles. The molecule has 3 aromatic rings. The first-order valence-electron chi connectivity index (χ1n) is 7.25. The lowest BCUT2D eigenvalue weighted by Crippen LogP contribution is -1.96. The standard InChI is InChI=1S/C19H16N2OS/c1-13-17(14-6-3-2-4-7-14)8-5-9-18(13)22-12-16-10-15(11-20)19(21)23-16/h2-10H,12,21H2,1H3. The lowest BCUT2D eigenvalue weighted by molar-refractivity contribution is 0.308. The zero-order valence-corrected chi connectivity index (χ0v) is 13.6. The summed E-state index contributed by atoms with van der Waals surface area (Å²) in [7, 11) is 0.